The zero-order valence-corrected chi connectivity index (χ0v) is 8.03. The molecule has 1 fully saturated rings. The van der Waals surface area contributed by atoms with Crippen molar-refractivity contribution < 1.29 is 0 Å². The summed E-state index contributed by atoms with van der Waals surface area (Å²) >= 11 is 0. The maximum absolute atomic E-state index is 2.34. The minimum Gasteiger partial charge on any atom is -0.0690 e. The summed E-state index contributed by atoms with van der Waals surface area (Å²) in [6.07, 6.45) is 4.93. The molecule has 2 aromatic carbocycles. The highest BCUT2D eigenvalue weighted by Gasteiger charge is 2.10. The zero-order valence-electron chi connectivity index (χ0n) is 8.03. The van der Waals surface area contributed by atoms with E-state index in [1.807, 2.05) is 0 Å². The third-order valence-electron chi connectivity index (χ3n) is 2.72. The summed E-state index contributed by atoms with van der Waals surface area (Å²) in [5, 5.41) is 2.71. The van der Waals surface area contributed by atoms with Gasteiger partial charge in [0.05, 0.1) is 0 Å². The summed E-state index contributed by atoms with van der Waals surface area (Å²) in [6.45, 7) is 0. The van der Waals surface area contributed by atoms with Gasteiger partial charge in [0, 0.05) is 0 Å². The molecule has 0 heterocycles. The summed E-state index contributed by atoms with van der Waals surface area (Å²) < 4.78 is 0. The Morgan fingerprint density at radius 1 is 0.857 bits per heavy atom. The van der Waals surface area contributed by atoms with Gasteiger partial charge in [0.25, 0.3) is 0 Å². The molecule has 0 bridgehead atoms. The van der Waals surface area contributed by atoms with Crippen molar-refractivity contribution in [2.45, 2.75) is 12.8 Å². The highest BCUT2D eigenvalue weighted by molar-refractivity contribution is 5.91. The van der Waals surface area contributed by atoms with Gasteiger partial charge in [0.2, 0.25) is 0 Å². The molecule has 0 radical (unpaired) electrons. The lowest BCUT2D eigenvalue weighted by atomic mass is 10.0. The van der Waals surface area contributed by atoms with Gasteiger partial charge in [0.1, 0.15) is 0 Å². The second kappa shape index (κ2) is 2.98. The SMILES string of the molecule is C(=C1CC1)c1cccc2ccccc12. The molecule has 0 saturated heterocycles. The molecule has 1 aliphatic rings. The number of fused-ring (bicyclic) bond motifs is 1. The van der Waals surface area contributed by atoms with E-state index >= 15 is 0 Å². The first-order valence-corrected chi connectivity index (χ1v) is 5.11. The molecule has 0 atom stereocenters. The molecule has 14 heavy (non-hydrogen) atoms. The first kappa shape index (κ1) is 7.81. The van der Waals surface area contributed by atoms with E-state index in [0.29, 0.717) is 0 Å². The second-order valence-corrected chi connectivity index (χ2v) is 3.87. The van der Waals surface area contributed by atoms with Gasteiger partial charge in [-0.2, -0.15) is 0 Å². The van der Waals surface area contributed by atoms with Crippen LogP contribution < -0.4 is 0 Å². The summed E-state index contributed by atoms with van der Waals surface area (Å²) in [4.78, 5) is 0. The number of hydrogen-bond donors (Lipinski definition) is 0. The van der Waals surface area contributed by atoms with E-state index in [2.05, 4.69) is 48.5 Å². The molecule has 0 spiro atoms. The third-order valence-corrected chi connectivity index (χ3v) is 2.72. The van der Waals surface area contributed by atoms with E-state index in [9.17, 15) is 0 Å². The van der Waals surface area contributed by atoms with E-state index in [4.69, 9.17) is 0 Å². The lowest BCUT2D eigenvalue weighted by molar-refractivity contribution is 1.50. The molecule has 0 N–H and O–H groups in total. The van der Waals surface area contributed by atoms with Crippen LogP contribution in [0.3, 0.4) is 0 Å². The summed E-state index contributed by atoms with van der Waals surface area (Å²) in [7, 11) is 0. The van der Waals surface area contributed by atoms with Crippen molar-refractivity contribution in [3.8, 4) is 0 Å². The summed E-state index contributed by atoms with van der Waals surface area (Å²) in [5.74, 6) is 0. The van der Waals surface area contributed by atoms with Crippen LogP contribution in [-0.4, -0.2) is 0 Å². The standard InChI is InChI=1S/C14H12/c1-2-7-14-12(4-1)5-3-6-13(14)10-11-8-9-11/h1-7,10H,8-9H2. The van der Waals surface area contributed by atoms with Gasteiger partial charge in [-0.3, -0.25) is 0 Å². The molecule has 0 aliphatic heterocycles. The fourth-order valence-corrected chi connectivity index (χ4v) is 1.81. The summed E-state index contributed by atoms with van der Waals surface area (Å²) in [5.41, 5.74) is 2.96. The zero-order chi connectivity index (χ0) is 9.38. The summed E-state index contributed by atoms with van der Waals surface area (Å²) in [6, 6.07) is 15.1. The van der Waals surface area contributed by atoms with E-state index in [1.165, 1.54) is 29.2 Å². The highest BCUT2D eigenvalue weighted by atomic mass is 14.2. The lowest BCUT2D eigenvalue weighted by Crippen LogP contribution is -1.76. The van der Waals surface area contributed by atoms with Gasteiger partial charge < -0.3 is 0 Å². The van der Waals surface area contributed by atoms with Crippen molar-refractivity contribution in [2.75, 3.05) is 0 Å². The Hall–Kier alpha value is -1.56. The lowest BCUT2D eigenvalue weighted by Gasteiger charge is -2.00. The maximum atomic E-state index is 2.34. The Morgan fingerprint density at radius 2 is 1.64 bits per heavy atom. The molecule has 0 amide bonds. The van der Waals surface area contributed by atoms with E-state index in [-0.39, 0.29) is 0 Å². The molecule has 0 unspecified atom stereocenters. The topological polar surface area (TPSA) is 0 Å². The third kappa shape index (κ3) is 1.33. The quantitative estimate of drug-likeness (QED) is 0.621. The number of allylic oxidation sites excluding steroid dienone is 1. The van der Waals surface area contributed by atoms with Crippen LogP contribution >= 0.6 is 0 Å². The van der Waals surface area contributed by atoms with Crippen molar-refractivity contribution in [3.05, 3.63) is 53.6 Å². The second-order valence-electron chi connectivity index (χ2n) is 3.87. The minimum atomic E-state index is 1.29. The van der Waals surface area contributed by atoms with Gasteiger partial charge >= 0.3 is 0 Å². The van der Waals surface area contributed by atoms with Crippen LogP contribution in [0.1, 0.15) is 18.4 Å². The van der Waals surface area contributed by atoms with E-state index in [0.717, 1.165) is 0 Å². The fraction of sp³-hybridized carbons (Fsp3) is 0.143. The van der Waals surface area contributed by atoms with Gasteiger partial charge in [0.15, 0.2) is 0 Å². The van der Waals surface area contributed by atoms with Crippen molar-refractivity contribution >= 4 is 16.8 Å². The minimum absolute atomic E-state index is 1.29. The molecular formula is C14H12. The Kier molecular flexibility index (Phi) is 1.66. The normalized spacial score (nSPS) is 14.4. The van der Waals surface area contributed by atoms with Crippen molar-refractivity contribution in [3.63, 3.8) is 0 Å². The predicted molar refractivity (Wildman–Crippen MR) is 61.2 cm³/mol. The number of hydrogen-bond acceptors (Lipinski definition) is 0. The molecule has 2 aromatic rings. The highest BCUT2D eigenvalue weighted by Crippen LogP contribution is 2.32. The van der Waals surface area contributed by atoms with Crippen LogP contribution in [0.15, 0.2) is 48.0 Å². The van der Waals surface area contributed by atoms with Gasteiger partial charge in [-0.25, -0.2) is 0 Å². The van der Waals surface area contributed by atoms with E-state index in [1.54, 1.807) is 5.57 Å². The van der Waals surface area contributed by atoms with Crippen LogP contribution in [0.5, 0.6) is 0 Å². The average Bonchev–Trinajstić information content (AvgIpc) is 3.03. The Morgan fingerprint density at radius 3 is 2.50 bits per heavy atom. The number of rotatable bonds is 1. The molecule has 68 valence electrons. The van der Waals surface area contributed by atoms with Crippen LogP contribution in [0.2, 0.25) is 0 Å². The first-order valence-electron chi connectivity index (χ1n) is 5.11. The Balaban J connectivity index is 2.27. The molecule has 3 rings (SSSR count). The molecule has 0 heteroatoms. The Bertz CT molecular complexity index is 495. The molecule has 0 nitrogen and oxygen atoms in total. The average molecular weight is 180 g/mol. The van der Waals surface area contributed by atoms with Crippen LogP contribution in [0.4, 0.5) is 0 Å². The number of benzene rings is 2. The van der Waals surface area contributed by atoms with Gasteiger partial charge in [-0.05, 0) is 29.2 Å². The molecule has 1 saturated carbocycles. The smallest absolute Gasteiger partial charge is 0.0111 e. The van der Waals surface area contributed by atoms with Gasteiger partial charge in [-0.15, -0.1) is 0 Å². The maximum Gasteiger partial charge on any atom is -0.0111 e. The van der Waals surface area contributed by atoms with E-state index < -0.39 is 0 Å². The van der Waals surface area contributed by atoms with Gasteiger partial charge in [-0.1, -0.05) is 54.1 Å². The van der Waals surface area contributed by atoms with Crippen molar-refractivity contribution in [1.82, 2.24) is 0 Å². The fourth-order valence-electron chi connectivity index (χ4n) is 1.81. The monoisotopic (exact) mass is 180 g/mol. The van der Waals surface area contributed by atoms with Crippen LogP contribution in [0, 0.1) is 0 Å². The van der Waals surface area contributed by atoms with Crippen molar-refractivity contribution in [2.24, 2.45) is 0 Å². The van der Waals surface area contributed by atoms with Crippen molar-refractivity contribution in [1.29, 1.82) is 0 Å². The molecule has 0 aromatic heterocycles. The molecule has 1 aliphatic carbocycles. The largest absolute Gasteiger partial charge is 0.0690 e. The Labute approximate surface area is 83.9 Å². The van der Waals surface area contributed by atoms with Crippen LogP contribution in [-0.2, 0) is 0 Å². The van der Waals surface area contributed by atoms with Crippen LogP contribution in [0.25, 0.3) is 16.8 Å². The molecular weight excluding hydrogens is 168 g/mol. The predicted octanol–water partition coefficient (Wildman–Crippen LogP) is 4.02. The first-order chi connectivity index (χ1) is 6.93.